The van der Waals surface area contributed by atoms with Crippen LogP contribution in [-0.2, 0) is 9.53 Å². The maximum atomic E-state index is 12.7. The van der Waals surface area contributed by atoms with Gasteiger partial charge in [0.2, 0.25) is 0 Å². The van der Waals surface area contributed by atoms with Crippen molar-refractivity contribution in [2.75, 3.05) is 53.5 Å². The van der Waals surface area contributed by atoms with Gasteiger partial charge in [-0.15, -0.1) is 0 Å². The van der Waals surface area contributed by atoms with Crippen molar-refractivity contribution in [3.05, 3.63) is 0 Å². The number of imide groups is 1. The van der Waals surface area contributed by atoms with E-state index < -0.39 is 6.04 Å². The molecule has 3 heterocycles. The first-order valence-electron chi connectivity index (χ1n) is 8.61. The summed E-state index contributed by atoms with van der Waals surface area (Å²) in [5.74, 6) is 1.25. The summed E-state index contributed by atoms with van der Waals surface area (Å²) < 4.78 is 7.48. The average Bonchev–Trinajstić information content (AvgIpc) is 2.95. The molecule has 2 fully saturated rings. The molecule has 0 aromatic carbocycles. The largest absolute Gasteiger partial charge is 0.379 e. The van der Waals surface area contributed by atoms with Crippen molar-refractivity contribution in [3.63, 3.8) is 0 Å². The molecule has 0 aliphatic carbocycles. The molecule has 8 heteroatoms. The van der Waals surface area contributed by atoms with Gasteiger partial charge in [-0.25, -0.2) is 9.37 Å². The number of hydrogen-bond donors (Lipinski definition) is 0. The molecule has 3 aliphatic heterocycles. The Morgan fingerprint density at radius 3 is 2.58 bits per heavy atom. The van der Waals surface area contributed by atoms with Gasteiger partial charge in [-0.1, -0.05) is 13.3 Å². The second kappa shape index (κ2) is 6.98. The highest BCUT2D eigenvalue weighted by atomic mass is 16.5. The van der Waals surface area contributed by atoms with Crippen molar-refractivity contribution in [2.24, 2.45) is 4.99 Å². The highest BCUT2D eigenvalue weighted by molar-refractivity contribution is 6.23. The number of urea groups is 1. The molecule has 3 amide bonds. The standard InChI is InChI=1S/C16H26N5O3/c1-4-5-6-21-12(11-20-7-9-24-10-8-20)17-14-13(21)15(22)19(3)16(23)18(14)2/h13H,4-11H2,1-3H3/q+1. The fraction of sp³-hybridized carbons (Fsp3) is 0.750. The number of unbranched alkanes of at least 4 members (excludes halogenated alkanes) is 1. The van der Waals surface area contributed by atoms with Crippen LogP contribution in [0.15, 0.2) is 4.99 Å². The third-order valence-corrected chi connectivity index (χ3v) is 4.83. The van der Waals surface area contributed by atoms with E-state index in [0.29, 0.717) is 12.4 Å². The third-order valence-electron chi connectivity index (χ3n) is 4.83. The van der Waals surface area contributed by atoms with E-state index in [4.69, 9.17) is 4.74 Å². The van der Waals surface area contributed by atoms with Crippen molar-refractivity contribution < 1.29 is 18.9 Å². The van der Waals surface area contributed by atoms with Crippen molar-refractivity contribution in [3.8, 4) is 0 Å². The molecule has 2 saturated heterocycles. The van der Waals surface area contributed by atoms with Gasteiger partial charge in [0.05, 0.1) is 19.8 Å². The molecule has 132 valence electrons. The molecule has 3 aliphatic rings. The minimum atomic E-state index is -0.472. The molecule has 0 radical (unpaired) electrons. The number of rotatable bonds is 5. The molecule has 1 atom stereocenters. The molecule has 0 N–H and O–H groups in total. The number of fused-ring (bicyclic) bond motifs is 1. The van der Waals surface area contributed by atoms with Gasteiger partial charge in [-0.05, 0) is 11.4 Å². The van der Waals surface area contributed by atoms with E-state index in [1.165, 1.54) is 16.8 Å². The summed E-state index contributed by atoms with van der Waals surface area (Å²) >= 11 is 0. The maximum absolute atomic E-state index is 12.7. The zero-order valence-electron chi connectivity index (χ0n) is 14.7. The topological polar surface area (TPSA) is 68.5 Å². The second-order valence-corrected chi connectivity index (χ2v) is 6.46. The molecular weight excluding hydrogens is 310 g/mol. The van der Waals surface area contributed by atoms with Crippen LogP contribution in [0.25, 0.3) is 0 Å². The van der Waals surface area contributed by atoms with Crippen LogP contribution in [0.4, 0.5) is 4.79 Å². The molecule has 0 aromatic heterocycles. The number of carbonyl (C=O) groups excluding carboxylic acids is 2. The fourth-order valence-corrected chi connectivity index (χ4v) is 3.32. The Morgan fingerprint density at radius 2 is 1.92 bits per heavy atom. The van der Waals surface area contributed by atoms with Gasteiger partial charge in [0.25, 0.3) is 17.8 Å². The lowest BCUT2D eigenvalue weighted by atomic mass is 10.1. The minimum absolute atomic E-state index is 0.190. The molecule has 0 saturated carbocycles. The Kier molecular flexibility index (Phi) is 4.96. The van der Waals surface area contributed by atoms with Crippen molar-refractivity contribution in [2.45, 2.75) is 25.8 Å². The fourth-order valence-electron chi connectivity index (χ4n) is 3.32. The number of hydrogen-bond acceptors (Lipinski definition) is 5. The molecule has 8 nitrogen and oxygen atoms in total. The highest BCUT2D eigenvalue weighted by Gasteiger charge is 2.52. The van der Waals surface area contributed by atoms with E-state index in [1.807, 2.05) is 0 Å². The van der Waals surface area contributed by atoms with Crippen molar-refractivity contribution >= 4 is 23.6 Å². The molecular formula is C16H26N5O3+. The Bertz CT molecular complexity index is 595. The van der Waals surface area contributed by atoms with Crippen molar-refractivity contribution in [1.82, 2.24) is 14.7 Å². The number of carbonyl (C=O) groups is 2. The maximum Gasteiger partial charge on any atom is 0.333 e. The molecule has 24 heavy (non-hydrogen) atoms. The lowest BCUT2D eigenvalue weighted by molar-refractivity contribution is -0.536. The van der Waals surface area contributed by atoms with Crippen molar-refractivity contribution in [1.29, 1.82) is 0 Å². The van der Waals surface area contributed by atoms with Gasteiger partial charge in [0.15, 0.2) is 0 Å². The van der Waals surface area contributed by atoms with Crippen LogP contribution in [0.5, 0.6) is 0 Å². The van der Waals surface area contributed by atoms with E-state index >= 15 is 0 Å². The lowest BCUT2D eigenvalue weighted by Crippen LogP contribution is -2.61. The summed E-state index contributed by atoms with van der Waals surface area (Å²) in [6, 6.07) is -0.793. The highest BCUT2D eigenvalue weighted by Crippen LogP contribution is 2.19. The van der Waals surface area contributed by atoms with Crippen LogP contribution in [0.3, 0.4) is 0 Å². The van der Waals surface area contributed by atoms with E-state index in [9.17, 15) is 9.59 Å². The van der Waals surface area contributed by atoms with Gasteiger partial charge in [-0.2, -0.15) is 0 Å². The molecule has 0 bridgehead atoms. The molecule has 3 rings (SSSR count). The predicted octanol–water partition coefficient (Wildman–Crippen LogP) is -0.166. The third kappa shape index (κ3) is 2.95. The first-order valence-corrected chi connectivity index (χ1v) is 8.61. The van der Waals surface area contributed by atoms with Gasteiger partial charge < -0.3 is 4.74 Å². The molecule has 1 unspecified atom stereocenters. The molecule has 0 spiro atoms. The number of aliphatic imine (C=N–C) groups is 1. The quantitative estimate of drug-likeness (QED) is 0.654. The van der Waals surface area contributed by atoms with E-state index in [-0.39, 0.29) is 11.9 Å². The monoisotopic (exact) mass is 336 g/mol. The SMILES string of the molecule is CCCC[N+]1=C(CN2CCOCC2)N=C2C1C(=O)N(C)C(=O)N2C. The van der Waals surface area contributed by atoms with Gasteiger partial charge >= 0.3 is 11.9 Å². The first kappa shape index (κ1) is 17.0. The summed E-state index contributed by atoms with van der Waals surface area (Å²) in [5, 5.41) is 0. The number of morpholine rings is 1. The zero-order valence-corrected chi connectivity index (χ0v) is 14.7. The van der Waals surface area contributed by atoms with E-state index in [0.717, 1.165) is 51.5 Å². The smallest absolute Gasteiger partial charge is 0.333 e. The van der Waals surface area contributed by atoms with Gasteiger partial charge in [-0.3, -0.25) is 19.5 Å². The number of ether oxygens (including phenoxy) is 1. The Morgan fingerprint density at radius 1 is 1.21 bits per heavy atom. The van der Waals surface area contributed by atoms with Crippen LogP contribution in [0.2, 0.25) is 0 Å². The van der Waals surface area contributed by atoms with Gasteiger partial charge in [0, 0.05) is 27.2 Å². The Balaban J connectivity index is 1.89. The normalized spacial score (nSPS) is 25.5. The van der Waals surface area contributed by atoms with E-state index in [1.54, 1.807) is 7.05 Å². The summed E-state index contributed by atoms with van der Waals surface area (Å²) in [6.07, 6.45) is 2.03. The summed E-state index contributed by atoms with van der Waals surface area (Å²) in [4.78, 5) is 34.5. The summed E-state index contributed by atoms with van der Waals surface area (Å²) in [6.45, 7) is 6.77. The van der Waals surface area contributed by atoms with Crippen LogP contribution in [0, 0.1) is 0 Å². The van der Waals surface area contributed by atoms with Crippen LogP contribution < -0.4 is 0 Å². The lowest BCUT2D eigenvalue weighted by Gasteiger charge is -2.30. The number of nitrogens with zero attached hydrogens (tertiary/aromatic N) is 5. The molecule has 0 aromatic rings. The summed E-state index contributed by atoms with van der Waals surface area (Å²) in [5.41, 5.74) is 0. The van der Waals surface area contributed by atoms with Crippen LogP contribution >= 0.6 is 0 Å². The summed E-state index contributed by atoms with van der Waals surface area (Å²) in [7, 11) is 3.22. The predicted molar refractivity (Wildman–Crippen MR) is 89.5 cm³/mol. The minimum Gasteiger partial charge on any atom is -0.379 e. The Hall–Kier alpha value is -1.80. The van der Waals surface area contributed by atoms with Crippen LogP contribution in [0.1, 0.15) is 19.8 Å². The number of amidine groups is 2. The number of likely N-dealkylation sites (N-methyl/N-ethyl adjacent to an activating group) is 2. The first-order chi connectivity index (χ1) is 11.5. The van der Waals surface area contributed by atoms with Crippen LogP contribution in [-0.4, -0.2) is 102 Å². The van der Waals surface area contributed by atoms with Gasteiger partial charge in [0.1, 0.15) is 6.54 Å². The zero-order chi connectivity index (χ0) is 17.3. The van der Waals surface area contributed by atoms with E-state index in [2.05, 4.69) is 21.4 Å². The second-order valence-electron chi connectivity index (χ2n) is 6.46. The number of amides is 3. The Labute approximate surface area is 142 Å². The average molecular weight is 336 g/mol.